The van der Waals surface area contributed by atoms with E-state index in [4.69, 9.17) is 4.74 Å². The van der Waals surface area contributed by atoms with Crippen molar-refractivity contribution < 1.29 is 14.3 Å². The van der Waals surface area contributed by atoms with Gasteiger partial charge in [0.25, 0.3) is 5.91 Å². The fourth-order valence-corrected chi connectivity index (χ4v) is 3.40. The molecule has 1 N–H and O–H groups in total. The number of hydrogen-bond acceptors (Lipinski definition) is 4. The number of ether oxygens (including phenoxy) is 1. The molecule has 0 bridgehead atoms. The van der Waals surface area contributed by atoms with E-state index in [1.54, 1.807) is 6.92 Å². The van der Waals surface area contributed by atoms with Gasteiger partial charge in [0.05, 0.1) is 11.4 Å². The maximum absolute atomic E-state index is 12.4. The quantitative estimate of drug-likeness (QED) is 0.813. The van der Waals surface area contributed by atoms with Gasteiger partial charge in [0.1, 0.15) is 5.75 Å². The number of benzene rings is 2. The molecule has 2 aromatic rings. The smallest absolute Gasteiger partial charge is 0.262 e. The van der Waals surface area contributed by atoms with Gasteiger partial charge in [-0.3, -0.25) is 9.59 Å². The van der Waals surface area contributed by atoms with E-state index >= 15 is 0 Å². The Kier molecular flexibility index (Phi) is 6.75. The first-order chi connectivity index (χ1) is 13.9. The van der Waals surface area contributed by atoms with Crippen molar-refractivity contribution in [3.8, 4) is 5.75 Å². The van der Waals surface area contributed by atoms with Gasteiger partial charge < -0.3 is 19.9 Å². The van der Waals surface area contributed by atoms with Crippen molar-refractivity contribution in [1.82, 2.24) is 4.90 Å². The molecule has 29 heavy (non-hydrogen) atoms. The Labute approximate surface area is 172 Å². The molecular formula is C23H29N3O3. The first-order valence-electron chi connectivity index (χ1n) is 10.1. The summed E-state index contributed by atoms with van der Waals surface area (Å²) in [4.78, 5) is 28.0. The average molecular weight is 396 g/mol. The zero-order chi connectivity index (χ0) is 20.8. The lowest BCUT2D eigenvalue weighted by molar-refractivity contribution is -0.129. The van der Waals surface area contributed by atoms with Crippen molar-refractivity contribution in [3.63, 3.8) is 0 Å². The summed E-state index contributed by atoms with van der Waals surface area (Å²) in [5, 5.41) is 2.96. The summed E-state index contributed by atoms with van der Waals surface area (Å²) in [5.41, 5.74) is 2.96. The topological polar surface area (TPSA) is 61.9 Å². The molecule has 0 saturated carbocycles. The molecule has 0 atom stereocenters. The molecule has 1 fully saturated rings. The van der Waals surface area contributed by atoms with Gasteiger partial charge in [-0.15, -0.1) is 0 Å². The summed E-state index contributed by atoms with van der Waals surface area (Å²) in [5.74, 6) is 1.04. The maximum Gasteiger partial charge on any atom is 0.262 e. The molecule has 6 nitrogen and oxygen atoms in total. The van der Waals surface area contributed by atoms with E-state index in [0.29, 0.717) is 24.8 Å². The molecule has 0 spiro atoms. The van der Waals surface area contributed by atoms with Crippen LogP contribution in [0.3, 0.4) is 0 Å². The van der Waals surface area contributed by atoms with Crippen molar-refractivity contribution in [2.24, 2.45) is 0 Å². The van der Waals surface area contributed by atoms with Crippen LogP contribution < -0.4 is 15.0 Å². The predicted octanol–water partition coefficient (Wildman–Crippen LogP) is 3.50. The van der Waals surface area contributed by atoms with E-state index in [2.05, 4.69) is 24.1 Å². The van der Waals surface area contributed by atoms with Crippen LogP contribution in [-0.4, -0.2) is 49.5 Å². The fourth-order valence-electron chi connectivity index (χ4n) is 3.40. The second-order valence-electron chi connectivity index (χ2n) is 7.57. The largest absolute Gasteiger partial charge is 0.484 e. The highest BCUT2D eigenvalue weighted by Crippen LogP contribution is 2.27. The Morgan fingerprint density at radius 2 is 1.66 bits per heavy atom. The van der Waals surface area contributed by atoms with Gasteiger partial charge in [0, 0.05) is 33.1 Å². The molecule has 1 aliphatic heterocycles. The van der Waals surface area contributed by atoms with Crippen molar-refractivity contribution in [1.29, 1.82) is 0 Å². The van der Waals surface area contributed by atoms with Crippen molar-refractivity contribution in [2.75, 3.05) is 43.0 Å². The van der Waals surface area contributed by atoms with Crippen molar-refractivity contribution in [2.45, 2.75) is 26.7 Å². The second kappa shape index (κ2) is 9.45. The number of anilines is 2. The molecule has 0 aromatic heterocycles. The number of carbonyl (C=O) groups is 2. The van der Waals surface area contributed by atoms with Crippen molar-refractivity contribution in [3.05, 3.63) is 54.1 Å². The number of nitrogens with one attached hydrogen (secondary N) is 1. The van der Waals surface area contributed by atoms with Crippen LogP contribution in [0.5, 0.6) is 5.75 Å². The molecule has 0 radical (unpaired) electrons. The van der Waals surface area contributed by atoms with Gasteiger partial charge >= 0.3 is 0 Å². The van der Waals surface area contributed by atoms with Crippen LogP contribution >= 0.6 is 0 Å². The summed E-state index contributed by atoms with van der Waals surface area (Å²) in [6.45, 7) is 8.69. The Hall–Kier alpha value is -3.02. The van der Waals surface area contributed by atoms with Gasteiger partial charge in [-0.1, -0.05) is 38.1 Å². The number of carbonyl (C=O) groups excluding carboxylic acids is 2. The molecule has 0 unspecified atom stereocenters. The van der Waals surface area contributed by atoms with Crippen molar-refractivity contribution >= 4 is 23.2 Å². The summed E-state index contributed by atoms with van der Waals surface area (Å²) < 4.78 is 5.63. The molecule has 0 aliphatic carbocycles. The number of nitrogens with zero attached hydrogens (tertiary/aromatic N) is 2. The molecule has 3 rings (SSSR count). The van der Waals surface area contributed by atoms with Crippen LogP contribution in [0.1, 0.15) is 32.3 Å². The van der Waals surface area contributed by atoms with E-state index < -0.39 is 0 Å². The zero-order valence-corrected chi connectivity index (χ0v) is 17.4. The lowest BCUT2D eigenvalue weighted by atomic mass is 10.0. The predicted molar refractivity (Wildman–Crippen MR) is 116 cm³/mol. The molecule has 6 heteroatoms. The molecule has 2 amide bonds. The number of para-hydroxylation sites is 2. The Balaban J connectivity index is 1.57. The fraction of sp³-hybridized carbons (Fsp3) is 0.391. The van der Waals surface area contributed by atoms with Gasteiger partial charge in [-0.2, -0.15) is 0 Å². The molecule has 154 valence electrons. The third-order valence-corrected chi connectivity index (χ3v) is 5.16. The Morgan fingerprint density at radius 1 is 1.00 bits per heavy atom. The second-order valence-corrected chi connectivity index (χ2v) is 7.57. The maximum atomic E-state index is 12.4. The monoisotopic (exact) mass is 395 g/mol. The summed E-state index contributed by atoms with van der Waals surface area (Å²) in [6.07, 6.45) is 0. The minimum atomic E-state index is -0.201. The lowest BCUT2D eigenvalue weighted by Gasteiger charge is -2.36. The third kappa shape index (κ3) is 5.50. The molecular weight excluding hydrogens is 366 g/mol. The number of hydrogen-bond donors (Lipinski definition) is 1. The van der Waals surface area contributed by atoms with Gasteiger partial charge in [-0.25, -0.2) is 0 Å². The number of rotatable bonds is 6. The molecule has 1 saturated heterocycles. The Bertz CT molecular complexity index is 841. The lowest BCUT2D eigenvalue weighted by Crippen LogP contribution is -2.48. The first-order valence-corrected chi connectivity index (χ1v) is 10.1. The number of amides is 2. The van der Waals surface area contributed by atoms with E-state index in [0.717, 1.165) is 24.5 Å². The van der Waals surface area contributed by atoms with Crippen LogP contribution in [-0.2, 0) is 9.59 Å². The minimum Gasteiger partial charge on any atom is -0.484 e. The van der Waals surface area contributed by atoms with Crippen LogP contribution in [0.25, 0.3) is 0 Å². The molecule has 1 heterocycles. The highest BCUT2D eigenvalue weighted by Gasteiger charge is 2.21. The van der Waals surface area contributed by atoms with E-state index in [1.165, 1.54) is 5.56 Å². The van der Waals surface area contributed by atoms with Gasteiger partial charge in [0.15, 0.2) is 6.61 Å². The van der Waals surface area contributed by atoms with Crippen LogP contribution in [0, 0.1) is 0 Å². The molecule has 1 aliphatic rings. The van der Waals surface area contributed by atoms with Gasteiger partial charge in [-0.05, 0) is 35.7 Å². The Morgan fingerprint density at radius 3 is 2.28 bits per heavy atom. The average Bonchev–Trinajstić information content (AvgIpc) is 2.73. The summed E-state index contributed by atoms with van der Waals surface area (Å²) in [7, 11) is 0. The standard InChI is InChI=1S/C23H29N3O3/c1-17(2)19-8-10-20(11-9-19)29-16-23(28)24-21-6-4-5-7-22(21)26-14-12-25(13-15-26)18(3)27/h4-11,17H,12-16H2,1-3H3,(H,24,28). The van der Waals surface area contributed by atoms with Gasteiger partial charge in [0.2, 0.25) is 5.91 Å². The summed E-state index contributed by atoms with van der Waals surface area (Å²) >= 11 is 0. The first kappa shape index (κ1) is 20.7. The highest BCUT2D eigenvalue weighted by molar-refractivity contribution is 5.95. The molecule has 2 aromatic carbocycles. The van der Waals surface area contributed by atoms with Crippen LogP contribution in [0.15, 0.2) is 48.5 Å². The normalized spacial score (nSPS) is 14.1. The van der Waals surface area contributed by atoms with Crippen LogP contribution in [0.4, 0.5) is 11.4 Å². The van der Waals surface area contributed by atoms with E-state index in [9.17, 15) is 9.59 Å². The SMILES string of the molecule is CC(=O)N1CCN(c2ccccc2NC(=O)COc2ccc(C(C)C)cc2)CC1. The highest BCUT2D eigenvalue weighted by atomic mass is 16.5. The summed E-state index contributed by atoms with van der Waals surface area (Å²) in [6, 6.07) is 15.6. The van der Waals surface area contributed by atoms with E-state index in [1.807, 2.05) is 53.4 Å². The third-order valence-electron chi connectivity index (χ3n) is 5.16. The van der Waals surface area contributed by atoms with Crippen LogP contribution in [0.2, 0.25) is 0 Å². The zero-order valence-electron chi connectivity index (χ0n) is 17.4. The number of piperazine rings is 1. The minimum absolute atomic E-state index is 0.0481. The van der Waals surface area contributed by atoms with E-state index in [-0.39, 0.29) is 18.4 Å².